The molecular weight excluding hydrogens is 230 g/mol. The molecular formula is C14H29NO3. The molecule has 0 aromatic heterocycles. The zero-order valence-corrected chi connectivity index (χ0v) is 12.5. The van der Waals surface area contributed by atoms with E-state index in [4.69, 9.17) is 9.47 Å². The highest BCUT2D eigenvalue weighted by molar-refractivity contribution is 5.80. The Balaban J connectivity index is 4.01. The highest BCUT2D eigenvalue weighted by Crippen LogP contribution is 2.13. The summed E-state index contributed by atoms with van der Waals surface area (Å²) < 4.78 is 10.5. The van der Waals surface area contributed by atoms with Crippen LogP contribution in [0, 0.1) is 5.92 Å². The van der Waals surface area contributed by atoms with Crippen molar-refractivity contribution in [3.05, 3.63) is 0 Å². The van der Waals surface area contributed by atoms with Crippen molar-refractivity contribution in [1.82, 2.24) is 5.32 Å². The van der Waals surface area contributed by atoms with Gasteiger partial charge in [-0.05, 0) is 32.2 Å². The van der Waals surface area contributed by atoms with Gasteiger partial charge in [0.15, 0.2) is 0 Å². The Kier molecular flexibility index (Phi) is 9.02. The third-order valence-corrected chi connectivity index (χ3v) is 3.13. The van der Waals surface area contributed by atoms with Gasteiger partial charge in [0.25, 0.3) is 0 Å². The van der Waals surface area contributed by atoms with Crippen LogP contribution in [0.3, 0.4) is 0 Å². The molecule has 0 radical (unpaired) electrons. The van der Waals surface area contributed by atoms with Crippen LogP contribution in [0.4, 0.5) is 0 Å². The van der Waals surface area contributed by atoms with E-state index in [0.717, 1.165) is 13.2 Å². The van der Waals surface area contributed by atoms with Crippen molar-refractivity contribution < 1.29 is 14.3 Å². The van der Waals surface area contributed by atoms with Crippen molar-refractivity contribution in [2.24, 2.45) is 5.92 Å². The molecule has 0 aliphatic carbocycles. The number of carbonyl (C=O) groups excluding carboxylic acids is 1. The second-order valence-corrected chi connectivity index (χ2v) is 5.07. The first-order valence-corrected chi connectivity index (χ1v) is 6.91. The Hall–Kier alpha value is -0.610. The van der Waals surface area contributed by atoms with Crippen molar-refractivity contribution in [1.29, 1.82) is 0 Å². The number of carbonyl (C=O) groups is 1. The number of ether oxygens (including phenoxy) is 2. The van der Waals surface area contributed by atoms with Crippen LogP contribution in [0.1, 0.15) is 47.0 Å². The summed E-state index contributed by atoms with van der Waals surface area (Å²) in [7, 11) is 1.42. The lowest BCUT2D eigenvalue weighted by Gasteiger charge is -2.27. The Bertz CT molecular complexity index is 233. The zero-order chi connectivity index (χ0) is 14.0. The number of likely N-dealkylation sites (N-methyl/N-ethyl adjacent to an activating group) is 1. The third-order valence-electron chi connectivity index (χ3n) is 3.13. The molecule has 0 fully saturated rings. The first-order chi connectivity index (χ1) is 8.50. The molecule has 18 heavy (non-hydrogen) atoms. The number of rotatable bonds is 10. The van der Waals surface area contributed by atoms with E-state index in [0.29, 0.717) is 18.9 Å². The lowest BCUT2D eigenvalue weighted by Crippen LogP contribution is -2.50. The molecule has 0 aliphatic rings. The molecule has 0 aromatic carbocycles. The highest BCUT2D eigenvalue weighted by atomic mass is 16.5. The van der Waals surface area contributed by atoms with Crippen molar-refractivity contribution in [3.8, 4) is 0 Å². The van der Waals surface area contributed by atoms with Gasteiger partial charge < -0.3 is 14.8 Å². The van der Waals surface area contributed by atoms with E-state index >= 15 is 0 Å². The van der Waals surface area contributed by atoms with Crippen LogP contribution >= 0.6 is 0 Å². The lowest BCUT2D eigenvalue weighted by atomic mass is 9.98. The number of hydrogen-bond donors (Lipinski definition) is 1. The fourth-order valence-electron chi connectivity index (χ4n) is 2.01. The van der Waals surface area contributed by atoms with Gasteiger partial charge in [-0.25, -0.2) is 0 Å². The minimum atomic E-state index is -0.641. The summed E-state index contributed by atoms with van der Waals surface area (Å²) in [6.45, 7) is 10.3. The van der Waals surface area contributed by atoms with Gasteiger partial charge in [-0.15, -0.1) is 0 Å². The molecule has 1 N–H and O–H groups in total. The summed E-state index contributed by atoms with van der Waals surface area (Å²) in [6, 6.07) is 0. The van der Waals surface area contributed by atoms with Crippen molar-refractivity contribution in [3.63, 3.8) is 0 Å². The van der Waals surface area contributed by atoms with Gasteiger partial charge in [0.05, 0.1) is 7.11 Å². The molecule has 0 heterocycles. The largest absolute Gasteiger partial charge is 0.468 e. The van der Waals surface area contributed by atoms with Gasteiger partial charge in [-0.3, -0.25) is 4.79 Å². The first kappa shape index (κ1) is 17.4. The molecule has 0 aliphatic heterocycles. The monoisotopic (exact) mass is 259 g/mol. The van der Waals surface area contributed by atoms with Crippen LogP contribution in [-0.2, 0) is 14.3 Å². The van der Waals surface area contributed by atoms with Crippen LogP contribution in [0.15, 0.2) is 0 Å². The van der Waals surface area contributed by atoms with E-state index < -0.39 is 5.54 Å². The van der Waals surface area contributed by atoms with Crippen LogP contribution in [0.2, 0.25) is 0 Å². The summed E-state index contributed by atoms with van der Waals surface area (Å²) >= 11 is 0. The Morgan fingerprint density at radius 2 is 2.06 bits per heavy atom. The predicted octanol–water partition coefficient (Wildman–Crippen LogP) is 2.37. The minimum absolute atomic E-state index is 0.227. The Morgan fingerprint density at radius 3 is 2.56 bits per heavy atom. The second-order valence-electron chi connectivity index (χ2n) is 5.07. The fourth-order valence-corrected chi connectivity index (χ4v) is 2.01. The molecule has 0 saturated heterocycles. The average molecular weight is 259 g/mol. The van der Waals surface area contributed by atoms with E-state index in [1.54, 1.807) is 0 Å². The van der Waals surface area contributed by atoms with E-state index in [1.807, 2.05) is 13.8 Å². The molecule has 108 valence electrons. The molecule has 0 aromatic rings. The van der Waals surface area contributed by atoms with E-state index in [2.05, 4.69) is 19.2 Å². The van der Waals surface area contributed by atoms with Gasteiger partial charge >= 0.3 is 5.97 Å². The maximum Gasteiger partial charge on any atom is 0.325 e. The van der Waals surface area contributed by atoms with Gasteiger partial charge in [-0.1, -0.05) is 27.2 Å². The van der Waals surface area contributed by atoms with Crippen molar-refractivity contribution >= 4 is 5.97 Å². The molecule has 0 amide bonds. The second kappa shape index (κ2) is 9.34. The number of hydrogen-bond acceptors (Lipinski definition) is 4. The van der Waals surface area contributed by atoms with Gasteiger partial charge in [0.2, 0.25) is 0 Å². The molecule has 0 bridgehead atoms. The maximum atomic E-state index is 11.7. The van der Waals surface area contributed by atoms with Gasteiger partial charge in [0.1, 0.15) is 5.54 Å². The molecule has 4 nitrogen and oxygen atoms in total. The summed E-state index contributed by atoms with van der Waals surface area (Å²) in [5, 5.41) is 3.17. The van der Waals surface area contributed by atoms with Gasteiger partial charge in [0, 0.05) is 13.2 Å². The number of methoxy groups -OCH3 is 1. The zero-order valence-electron chi connectivity index (χ0n) is 12.5. The van der Waals surface area contributed by atoms with Crippen molar-refractivity contribution in [2.75, 3.05) is 26.9 Å². The van der Waals surface area contributed by atoms with Crippen LogP contribution in [0.25, 0.3) is 0 Å². The van der Waals surface area contributed by atoms with E-state index in [1.165, 1.54) is 20.0 Å². The minimum Gasteiger partial charge on any atom is -0.468 e. The first-order valence-electron chi connectivity index (χ1n) is 6.91. The summed E-state index contributed by atoms with van der Waals surface area (Å²) in [4.78, 5) is 11.7. The maximum absolute atomic E-state index is 11.7. The van der Waals surface area contributed by atoms with E-state index in [9.17, 15) is 4.79 Å². The molecule has 0 spiro atoms. The smallest absolute Gasteiger partial charge is 0.325 e. The third kappa shape index (κ3) is 6.36. The van der Waals surface area contributed by atoms with E-state index in [-0.39, 0.29) is 5.97 Å². The average Bonchev–Trinajstić information content (AvgIpc) is 2.34. The molecule has 0 saturated carbocycles. The number of esters is 1. The SMILES string of the molecule is CCCC(C)COCCC(C)(NCC)C(=O)OC. The van der Waals surface area contributed by atoms with Crippen LogP contribution in [-0.4, -0.2) is 38.4 Å². The normalized spacial score (nSPS) is 16.1. The fraction of sp³-hybridized carbons (Fsp3) is 0.929. The topological polar surface area (TPSA) is 47.6 Å². The Morgan fingerprint density at radius 1 is 1.39 bits per heavy atom. The Labute approximate surface area is 111 Å². The standard InChI is InChI=1S/C14H29NO3/c1-6-8-12(3)11-18-10-9-14(4,15-7-2)13(16)17-5/h12,15H,6-11H2,1-5H3. The molecule has 2 atom stereocenters. The van der Waals surface area contributed by atoms with Crippen molar-refractivity contribution in [2.45, 2.75) is 52.5 Å². The van der Waals surface area contributed by atoms with Crippen LogP contribution in [0.5, 0.6) is 0 Å². The summed E-state index contributed by atoms with van der Waals surface area (Å²) in [6.07, 6.45) is 3.00. The molecule has 2 unspecified atom stereocenters. The quantitative estimate of drug-likeness (QED) is 0.483. The number of nitrogens with one attached hydrogen (secondary N) is 1. The highest BCUT2D eigenvalue weighted by Gasteiger charge is 2.32. The molecule has 0 rings (SSSR count). The predicted molar refractivity (Wildman–Crippen MR) is 73.6 cm³/mol. The van der Waals surface area contributed by atoms with Crippen LogP contribution < -0.4 is 5.32 Å². The van der Waals surface area contributed by atoms with Gasteiger partial charge in [-0.2, -0.15) is 0 Å². The molecule has 4 heteroatoms. The summed E-state index contributed by atoms with van der Waals surface area (Å²) in [5.74, 6) is 0.355. The lowest BCUT2D eigenvalue weighted by molar-refractivity contribution is -0.148. The summed E-state index contributed by atoms with van der Waals surface area (Å²) in [5.41, 5.74) is -0.641.